The molecule has 1 amide bonds. The third-order valence-corrected chi connectivity index (χ3v) is 4.59. The summed E-state index contributed by atoms with van der Waals surface area (Å²) in [6.45, 7) is 3.08. The number of carbonyl (C=O) groups excluding carboxylic acids is 1. The summed E-state index contributed by atoms with van der Waals surface area (Å²) in [6, 6.07) is 5.09. The van der Waals surface area contributed by atoms with Crippen molar-refractivity contribution in [1.82, 2.24) is 34.9 Å². The maximum Gasteiger partial charge on any atom is 0.252 e. The van der Waals surface area contributed by atoms with E-state index in [1.165, 1.54) is 17.1 Å². The topological polar surface area (TPSA) is 135 Å². The Labute approximate surface area is 159 Å². The van der Waals surface area contributed by atoms with Crippen molar-refractivity contribution in [2.45, 2.75) is 19.8 Å². The Morgan fingerprint density at radius 3 is 2.61 bits per heavy atom. The number of aryl methyl sites for hydroxylation is 1. The van der Waals surface area contributed by atoms with Crippen molar-refractivity contribution in [2.75, 3.05) is 23.3 Å². The van der Waals surface area contributed by atoms with Gasteiger partial charge in [-0.2, -0.15) is 5.10 Å². The minimum absolute atomic E-state index is 0.138. The van der Waals surface area contributed by atoms with Crippen molar-refractivity contribution in [2.24, 2.45) is 5.92 Å². The van der Waals surface area contributed by atoms with Gasteiger partial charge < -0.3 is 4.90 Å². The second-order valence-corrected chi connectivity index (χ2v) is 6.58. The van der Waals surface area contributed by atoms with Gasteiger partial charge >= 0.3 is 0 Å². The number of amides is 1. The Balaban J connectivity index is 1.35. The number of carbonyl (C=O) groups is 1. The van der Waals surface area contributed by atoms with Crippen LogP contribution in [0.15, 0.2) is 35.6 Å². The van der Waals surface area contributed by atoms with E-state index < -0.39 is 0 Å². The van der Waals surface area contributed by atoms with Gasteiger partial charge in [0.05, 0.1) is 0 Å². The summed E-state index contributed by atoms with van der Waals surface area (Å²) in [4.78, 5) is 36.6. The highest BCUT2D eigenvalue weighted by Crippen LogP contribution is 2.22. The number of nitrogens with zero attached hydrogens (tertiary/aromatic N) is 7. The van der Waals surface area contributed by atoms with E-state index in [0.717, 1.165) is 5.82 Å². The van der Waals surface area contributed by atoms with E-state index in [1.807, 2.05) is 12.1 Å². The van der Waals surface area contributed by atoms with Crippen LogP contribution >= 0.6 is 0 Å². The highest BCUT2D eigenvalue weighted by molar-refractivity contribution is 5.91. The van der Waals surface area contributed by atoms with Gasteiger partial charge in [0.1, 0.15) is 12.7 Å². The summed E-state index contributed by atoms with van der Waals surface area (Å²) >= 11 is 0. The molecule has 0 saturated carbocycles. The zero-order valence-corrected chi connectivity index (χ0v) is 15.2. The zero-order chi connectivity index (χ0) is 19.5. The first-order valence-electron chi connectivity index (χ1n) is 8.91. The molecular weight excluding hydrogens is 362 g/mol. The molecular formula is C17H19N9O2. The normalized spacial score (nSPS) is 14.8. The number of anilines is 2. The van der Waals surface area contributed by atoms with Gasteiger partial charge in [-0.05, 0) is 31.9 Å². The van der Waals surface area contributed by atoms with Crippen LogP contribution < -0.4 is 15.8 Å². The highest BCUT2D eigenvalue weighted by Gasteiger charge is 2.26. The lowest BCUT2D eigenvalue weighted by Gasteiger charge is -2.31. The summed E-state index contributed by atoms with van der Waals surface area (Å²) in [5, 5.41) is 15.1. The van der Waals surface area contributed by atoms with Crippen molar-refractivity contribution in [3.63, 3.8) is 0 Å². The van der Waals surface area contributed by atoms with Gasteiger partial charge in [0.25, 0.3) is 5.56 Å². The summed E-state index contributed by atoms with van der Waals surface area (Å²) < 4.78 is 1.54. The van der Waals surface area contributed by atoms with E-state index in [4.69, 9.17) is 0 Å². The number of hydrogen-bond donors (Lipinski definition) is 2. The fraction of sp³-hybridized carbons (Fsp3) is 0.353. The molecule has 1 aliphatic rings. The smallest absolute Gasteiger partial charge is 0.252 e. The number of nitrogens with one attached hydrogen (secondary N) is 2. The van der Waals surface area contributed by atoms with Gasteiger partial charge in [-0.15, -0.1) is 10.2 Å². The molecule has 4 rings (SSSR count). The van der Waals surface area contributed by atoms with Gasteiger partial charge in [-0.1, -0.05) is 0 Å². The SMILES string of the molecule is Cc1cc(=O)[nH]c(NC(=O)C2CCN(c3ccc(-n4cncn4)nn3)CC2)n1. The molecule has 144 valence electrons. The number of aromatic amines is 1. The van der Waals surface area contributed by atoms with E-state index in [1.54, 1.807) is 13.3 Å². The van der Waals surface area contributed by atoms with Gasteiger partial charge in [0.2, 0.25) is 11.9 Å². The van der Waals surface area contributed by atoms with E-state index >= 15 is 0 Å². The predicted octanol–water partition coefficient (Wildman–Crippen LogP) is 0.304. The quantitative estimate of drug-likeness (QED) is 0.659. The lowest BCUT2D eigenvalue weighted by atomic mass is 9.96. The number of H-pyrrole nitrogens is 1. The summed E-state index contributed by atoms with van der Waals surface area (Å²) in [5.41, 5.74) is 0.271. The molecule has 0 unspecified atom stereocenters. The van der Waals surface area contributed by atoms with Crippen LogP contribution in [0.4, 0.5) is 11.8 Å². The first-order chi connectivity index (χ1) is 13.6. The van der Waals surface area contributed by atoms with Gasteiger partial charge in [0.15, 0.2) is 11.6 Å². The fourth-order valence-electron chi connectivity index (χ4n) is 3.16. The number of hydrogen-bond acceptors (Lipinski definition) is 8. The molecule has 0 aromatic carbocycles. The Kier molecular flexibility index (Phi) is 4.79. The third kappa shape index (κ3) is 3.87. The monoisotopic (exact) mass is 381 g/mol. The van der Waals surface area contributed by atoms with Gasteiger partial charge in [0, 0.05) is 30.8 Å². The molecule has 0 bridgehead atoms. The summed E-state index contributed by atoms with van der Waals surface area (Å²) in [6.07, 6.45) is 4.35. The molecule has 0 spiro atoms. The summed E-state index contributed by atoms with van der Waals surface area (Å²) in [7, 11) is 0. The molecule has 1 fully saturated rings. The zero-order valence-electron chi connectivity index (χ0n) is 15.2. The third-order valence-electron chi connectivity index (χ3n) is 4.59. The molecule has 11 nitrogen and oxygen atoms in total. The van der Waals surface area contributed by atoms with E-state index in [9.17, 15) is 9.59 Å². The minimum atomic E-state index is -0.287. The molecule has 11 heteroatoms. The van der Waals surface area contributed by atoms with Crippen LogP contribution in [0.1, 0.15) is 18.5 Å². The molecule has 1 saturated heterocycles. The molecule has 3 aromatic heterocycles. The largest absolute Gasteiger partial charge is 0.355 e. The first kappa shape index (κ1) is 17.8. The molecule has 4 heterocycles. The van der Waals surface area contributed by atoms with Crippen LogP contribution in [-0.2, 0) is 4.79 Å². The Morgan fingerprint density at radius 1 is 1.21 bits per heavy atom. The molecule has 0 atom stereocenters. The van der Waals surface area contributed by atoms with Crippen molar-refractivity contribution in [1.29, 1.82) is 0 Å². The minimum Gasteiger partial charge on any atom is -0.355 e. The molecule has 28 heavy (non-hydrogen) atoms. The number of rotatable bonds is 4. The average Bonchev–Trinajstić information content (AvgIpc) is 3.22. The molecule has 2 N–H and O–H groups in total. The summed E-state index contributed by atoms with van der Waals surface area (Å²) in [5.74, 6) is 1.25. The lowest BCUT2D eigenvalue weighted by Crippen LogP contribution is -2.39. The number of piperidine rings is 1. The first-order valence-corrected chi connectivity index (χ1v) is 8.91. The Morgan fingerprint density at radius 2 is 1.96 bits per heavy atom. The molecule has 0 radical (unpaired) electrons. The number of aromatic nitrogens is 7. The van der Waals surface area contributed by atoms with Crippen molar-refractivity contribution >= 4 is 17.7 Å². The van der Waals surface area contributed by atoms with Crippen LogP contribution in [0.3, 0.4) is 0 Å². The van der Waals surface area contributed by atoms with Gasteiger partial charge in [-0.25, -0.2) is 14.6 Å². The van der Waals surface area contributed by atoms with Crippen molar-refractivity contribution in [3.8, 4) is 5.82 Å². The van der Waals surface area contributed by atoms with Crippen LogP contribution in [-0.4, -0.2) is 53.9 Å². The van der Waals surface area contributed by atoms with Crippen LogP contribution in [0, 0.1) is 12.8 Å². The Hall–Kier alpha value is -3.63. The predicted molar refractivity (Wildman–Crippen MR) is 100 cm³/mol. The van der Waals surface area contributed by atoms with E-state index in [0.29, 0.717) is 37.4 Å². The highest BCUT2D eigenvalue weighted by atomic mass is 16.2. The van der Waals surface area contributed by atoms with E-state index in [-0.39, 0.29) is 23.3 Å². The fourth-order valence-corrected chi connectivity index (χ4v) is 3.16. The second kappa shape index (κ2) is 7.55. The maximum atomic E-state index is 12.5. The van der Waals surface area contributed by atoms with Crippen molar-refractivity contribution in [3.05, 3.63) is 46.9 Å². The molecule has 3 aromatic rings. The van der Waals surface area contributed by atoms with E-state index in [2.05, 4.69) is 40.5 Å². The van der Waals surface area contributed by atoms with Crippen LogP contribution in [0.2, 0.25) is 0 Å². The standard InChI is InChI=1S/C17H19N9O2/c1-11-8-15(27)21-17(20-11)22-16(28)12-4-6-25(7-5-12)13-2-3-14(24-23-13)26-10-18-9-19-26/h2-3,8-10,12H,4-7H2,1H3,(H2,20,21,22,27,28). The lowest BCUT2D eigenvalue weighted by molar-refractivity contribution is -0.120. The van der Waals surface area contributed by atoms with Crippen LogP contribution in [0.5, 0.6) is 0 Å². The average molecular weight is 381 g/mol. The second-order valence-electron chi connectivity index (χ2n) is 6.58. The molecule has 1 aliphatic heterocycles. The molecule has 0 aliphatic carbocycles. The van der Waals surface area contributed by atoms with Crippen molar-refractivity contribution < 1.29 is 4.79 Å². The van der Waals surface area contributed by atoms with Gasteiger partial charge in [-0.3, -0.25) is 19.9 Å². The Bertz CT molecular complexity index is 1010. The maximum absolute atomic E-state index is 12.5. The van der Waals surface area contributed by atoms with Crippen LogP contribution in [0.25, 0.3) is 5.82 Å².